The molecule has 4 aliphatic heterocycles. The van der Waals surface area contributed by atoms with E-state index in [1.54, 1.807) is 21.8 Å². The summed E-state index contributed by atoms with van der Waals surface area (Å²) < 4.78 is 17.6. The topological polar surface area (TPSA) is 126 Å². The van der Waals surface area contributed by atoms with Gasteiger partial charge in [0.15, 0.2) is 5.60 Å². The summed E-state index contributed by atoms with van der Waals surface area (Å²) in [4.78, 5) is 60.1. The van der Waals surface area contributed by atoms with Crippen LogP contribution in [0, 0.1) is 5.92 Å². The van der Waals surface area contributed by atoms with Gasteiger partial charge >= 0.3 is 5.97 Å². The number of esters is 1. The van der Waals surface area contributed by atoms with Crippen LogP contribution in [0.2, 0.25) is 18.6 Å². The molecule has 3 amide bonds. The molecule has 4 heterocycles. The van der Waals surface area contributed by atoms with E-state index in [9.17, 15) is 19.5 Å². The number of methoxy groups -OCH3 is 2. The standard InChI is InChI=1S/C43H53N3O8Si/c1-28-41(55(4,5)34-18-16-33(52-2)17-19-34)37(25-39(49)46-26-30-12-7-6-11-29(30)23-32(46)27-47)54-43(28)35-24-31(44-22-10-13-38(44)48)15-20-36(35)45(42(43)51)21-9-8-14-40(50)53-3/h6-7,11-12,15-20,24,28,32,37,41,47H,8-10,13-14,21-23,25-27H2,1-5H3/t28-,32-,37+,41-,43+/m0/s1. The van der Waals surface area contributed by atoms with Crippen molar-refractivity contribution in [1.29, 1.82) is 0 Å². The van der Waals surface area contributed by atoms with Crippen molar-refractivity contribution in [3.05, 3.63) is 83.4 Å². The second-order valence-electron chi connectivity index (χ2n) is 16.0. The molecular weight excluding hydrogens is 715 g/mol. The number of aliphatic hydroxyl groups excluding tert-OH is 1. The predicted molar refractivity (Wildman–Crippen MR) is 212 cm³/mol. The van der Waals surface area contributed by atoms with Crippen LogP contribution in [0.3, 0.4) is 0 Å². The number of hydrogen-bond donors (Lipinski definition) is 1. The summed E-state index contributed by atoms with van der Waals surface area (Å²) in [7, 11) is 0.454. The fraction of sp³-hybridized carbons (Fsp3) is 0.488. The Hall–Kier alpha value is -4.52. The molecule has 0 bridgehead atoms. The van der Waals surface area contributed by atoms with Gasteiger partial charge < -0.3 is 34.0 Å². The average molecular weight is 768 g/mol. The summed E-state index contributed by atoms with van der Waals surface area (Å²) in [6.07, 6.45) is 2.63. The van der Waals surface area contributed by atoms with E-state index in [-0.39, 0.29) is 60.6 Å². The highest BCUT2D eigenvalue weighted by Crippen LogP contribution is 2.60. The van der Waals surface area contributed by atoms with Crippen LogP contribution in [0.5, 0.6) is 5.75 Å². The van der Waals surface area contributed by atoms with Crippen molar-refractivity contribution in [2.24, 2.45) is 5.92 Å². The van der Waals surface area contributed by atoms with Crippen LogP contribution in [0.25, 0.3) is 0 Å². The summed E-state index contributed by atoms with van der Waals surface area (Å²) in [6.45, 7) is 7.89. The molecule has 0 radical (unpaired) electrons. The first-order valence-corrected chi connectivity index (χ1v) is 22.7. The predicted octanol–water partition coefficient (Wildman–Crippen LogP) is 5.06. The van der Waals surface area contributed by atoms with E-state index in [2.05, 4.69) is 38.2 Å². The molecule has 3 aromatic carbocycles. The molecule has 0 aliphatic carbocycles. The van der Waals surface area contributed by atoms with Gasteiger partial charge in [-0.3, -0.25) is 19.2 Å². The molecule has 1 spiro atoms. The summed E-state index contributed by atoms with van der Waals surface area (Å²) in [5.41, 5.74) is 2.79. The Morgan fingerprint density at radius 2 is 1.75 bits per heavy atom. The van der Waals surface area contributed by atoms with Crippen molar-refractivity contribution in [3.8, 4) is 5.75 Å². The van der Waals surface area contributed by atoms with Crippen LogP contribution >= 0.6 is 0 Å². The Balaban J connectivity index is 1.30. The number of benzene rings is 3. The summed E-state index contributed by atoms with van der Waals surface area (Å²) in [6, 6.07) is 21.6. The van der Waals surface area contributed by atoms with Crippen LogP contribution in [0.1, 0.15) is 62.1 Å². The third-order valence-corrected chi connectivity index (χ3v) is 17.1. The highest BCUT2D eigenvalue weighted by molar-refractivity contribution is 6.91. The first-order chi connectivity index (χ1) is 26.4. The second kappa shape index (κ2) is 15.5. The number of ether oxygens (including phenoxy) is 3. The van der Waals surface area contributed by atoms with Gasteiger partial charge in [-0.1, -0.05) is 61.6 Å². The van der Waals surface area contributed by atoms with Crippen molar-refractivity contribution in [2.45, 2.75) is 94.8 Å². The van der Waals surface area contributed by atoms with E-state index in [1.165, 1.54) is 7.11 Å². The molecule has 12 heteroatoms. The fourth-order valence-corrected chi connectivity index (χ4v) is 13.8. The smallest absolute Gasteiger partial charge is 0.305 e. The maximum Gasteiger partial charge on any atom is 0.305 e. The molecular formula is C43H53N3O8Si. The van der Waals surface area contributed by atoms with Crippen molar-refractivity contribution < 1.29 is 38.5 Å². The lowest BCUT2D eigenvalue weighted by Gasteiger charge is -2.39. The minimum absolute atomic E-state index is 0.0497. The summed E-state index contributed by atoms with van der Waals surface area (Å²) in [5, 5.41) is 11.6. The molecule has 4 aliphatic rings. The van der Waals surface area contributed by atoms with Crippen molar-refractivity contribution in [3.63, 3.8) is 0 Å². The van der Waals surface area contributed by atoms with Crippen molar-refractivity contribution in [2.75, 3.05) is 43.7 Å². The number of carbonyl (C=O) groups is 4. The lowest BCUT2D eigenvalue weighted by Crippen LogP contribution is -2.52. The number of anilines is 2. The zero-order chi connectivity index (χ0) is 39.1. The first kappa shape index (κ1) is 38.7. The number of fused-ring (bicyclic) bond motifs is 3. The molecule has 55 heavy (non-hydrogen) atoms. The summed E-state index contributed by atoms with van der Waals surface area (Å²) in [5.74, 6) is -0.139. The van der Waals surface area contributed by atoms with Gasteiger partial charge in [0.25, 0.3) is 5.91 Å². The molecule has 5 atom stereocenters. The normalized spacial score (nSPS) is 24.7. The van der Waals surface area contributed by atoms with Crippen LogP contribution in [0.4, 0.5) is 11.4 Å². The maximum atomic E-state index is 15.2. The number of amides is 3. The molecule has 3 aromatic rings. The number of aliphatic hydroxyl groups is 1. The molecule has 0 unspecified atom stereocenters. The Bertz CT molecular complexity index is 1950. The SMILES string of the molecule is COC(=O)CCCCN1C(=O)[C@]2(O[C@H](CC(=O)N3Cc4ccccc4C[C@H]3CO)[C@@H]([Si](C)(C)c3ccc(OC)cc3)[C@@H]2C)c2cc(N3CCCC3=O)ccc21. The average Bonchev–Trinajstić information content (AvgIpc) is 3.83. The largest absolute Gasteiger partial charge is 0.497 e. The highest BCUT2D eigenvalue weighted by Gasteiger charge is 2.66. The lowest BCUT2D eigenvalue weighted by atomic mass is 9.82. The van der Waals surface area contributed by atoms with Gasteiger partial charge in [-0.05, 0) is 72.7 Å². The second-order valence-corrected chi connectivity index (χ2v) is 20.7. The zero-order valence-corrected chi connectivity index (χ0v) is 33.6. The molecule has 7 rings (SSSR count). The first-order valence-electron chi connectivity index (χ1n) is 19.6. The molecule has 0 aromatic heterocycles. The third kappa shape index (κ3) is 6.86. The number of rotatable bonds is 12. The summed E-state index contributed by atoms with van der Waals surface area (Å²) >= 11 is 0. The van der Waals surface area contributed by atoms with Gasteiger partial charge in [0.2, 0.25) is 11.8 Å². The van der Waals surface area contributed by atoms with Gasteiger partial charge in [-0.15, -0.1) is 0 Å². The molecule has 1 N–H and O–H groups in total. The zero-order valence-electron chi connectivity index (χ0n) is 32.6. The molecule has 2 fully saturated rings. The van der Waals surface area contributed by atoms with Crippen LogP contribution in [0.15, 0.2) is 66.7 Å². The van der Waals surface area contributed by atoms with Gasteiger partial charge in [0, 0.05) is 49.6 Å². The lowest BCUT2D eigenvalue weighted by molar-refractivity contribution is -0.151. The number of unbranched alkanes of at least 4 members (excludes halogenated alkanes) is 1. The van der Waals surface area contributed by atoms with Crippen molar-refractivity contribution >= 4 is 48.3 Å². The quantitative estimate of drug-likeness (QED) is 0.154. The Labute approximate surface area is 324 Å². The minimum atomic E-state index is -2.56. The van der Waals surface area contributed by atoms with E-state index < -0.39 is 19.8 Å². The van der Waals surface area contributed by atoms with Crippen LogP contribution in [-0.2, 0) is 47.2 Å². The maximum absolute atomic E-state index is 15.2. The monoisotopic (exact) mass is 767 g/mol. The van der Waals surface area contributed by atoms with E-state index >= 15 is 4.79 Å². The molecule has 0 saturated carbocycles. The molecule has 292 valence electrons. The minimum Gasteiger partial charge on any atom is -0.497 e. The molecule has 2 saturated heterocycles. The molecule has 11 nitrogen and oxygen atoms in total. The fourth-order valence-electron chi connectivity index (χ4n) is 9.79. The number of carbonyl (C=O) groups excluding carboxylic acids is 4. The van der Waals surface area contributed by atoms with E-state index in [0.717, 1.165) is 45.4 Å². The Kier molecular flexibility index (Phi) is 11.0. The Morgan fingerprint density at radius 1 is 1.00 bits per heavy atom. The van der Waals surface area contributed by atoms with Crippen molar-refractivity contribution in [1.82, 2.24) is 4.90 Å². The highest BCUT2D eigenvalue weighted by atomic mass is 28.3. The number of hydrogen-bond acceptors (Lipinski definition) is 8. The van der Waals surface area contributed by atoms with E-state index in [1.807, 2.05) is 48.5 Å². The van der Waals surface area contributed by atoms with E-state index in [4.69, 9.17) is 14.2 Å². The van der Waals surface area contributed by atoms with Gasteiger partial charge in [0.1, 0.15) is 5.75 Å². The number of nitrogens with zero attached hydrogens (tertiary/aromatic N) is 3. The van der Waals surface area contributed by atoms with Gasteiger partial charge in [-0.25, -0.2) is 0 Å². The van der Waals surface area contributed by atoms with E-state index in [0.29, 0.717) is 45.3 Å². The van der Waals surface area contributed by atoms with Gasteiger partial charge in [-0.2, -0.15) is 0 Å². The van der Waals surface area contributed by atoms with Crippen LogP contribution < -0.4 is 19.7 Å². The Morgan fingerprint density at radius 3 is 2.42 bits per heavy atom. The van der Waals surface area contributed by atoms with Crippen LogP contribution in [-0.4, -0.2) is 87.8 Å². The third-order valence-electron chi connectivity index (χ3n) is 12.7. The van der Waals surface area contributed by atoms with Gasteiger partial charge in [0.05, 0.1) is 53.2 Å².